The van der Waals surface area contributed by atoms with Gasteiger partial charge in [-0.1, -0.05) is 12.5 Å². The largest absolute Gasteiger partial charge is 0.492 e. The molecule has 1 aliphatic rings. The van der Waals surface area contributed by atoms with E-state index < -0.39 is 0 Å². The third-order valence-corrected chi connectivity index (χ3v) is 3.86. The maximum Gasteiger partial charge on any atom is 0.235 e. The Morgan fingerprint density at radius 1 is 1.50 bits per heavy atom. The molecule has 0 heterocycles. The van der Waals surface area contributed by atoms with Crippen LogP contribution in [0.1, 0.15) is 30.4 Å². The maximum absolute atomic E-state index is 10.2. The minimum atomic E-state index is 0.323. The molecule has 0 aromatic heterocycles. The fraction of sp³-hybridized carbons (Fsp3) is 0.500. The molecule has 1 saturated carbocycles. The zero-order valence-electron chi connectivity index (χ0n) is 10.4. The highest BCUT2D eigenvalue weighted by atomic mass is 79.9. The highest BCUT2D eigenvalue weighted by molar-refractivity contribution is 9.10. The first kappa shape index (κ1) is 13.3. The van der Waals surface area contributed by atoms with E-state index in [1.165, 1.54) is 19.3 Å². The van der Waals surface area contributed by atoms with Gasteiger partial charge in [0.2, 0.25) is 6.08 Å². The second kappa shape index (κ2) is 6.17. The van der Waals surface area contributed by atoms with Gasteiger partial charge in [0, 0.05) is 5.56 Å². The summed E-state index contributed by atoms with van der Waals surface area (Å²) in [6.45, 7) is 3.08. The summed E-state index contributed by atoms with van der Waals surface area (Å²) in [5.41, 5.74) is 2.05. The van der Waals surface area contributed by atoms with Gasteiger partial charge in [0.1, 0.15) is 5.75 Å². The lowest BCUT2D eigenvalue weighted by molar-refractivity contribution is 0.178. The Kier molecular flexibility index (Phi) is 4.56. The fourth-order valence-electron chi connectivity index (χ4n) is 2.06. The van der Waals surface area contributed by atoms with Crippen LogP contribution in [0, 0.1) is 12.8 Å². The van der Waals surface area contributed by atoms with Crippen molar-refractivity contribution < 1.29 is 9.53 Å². The van der Waals surface area contributed by atoms with Crippen molar-refractivity contribution in [2.45, 2.75) is 32.7 Å². The van der Waals surface area contributed by atoms with E-state index in [1.54, 1.807) is 6.08 Å². The quantitative estimate of drug-likeness (QED) is 0.613. The number of ether oxygens (including phenoxy) is 1. The predicted octanol–water partition coefficient (Wildman–Crippen LogP) is 3.77. The van der Waals surface area contributed by atoms with Gasteiger partial charge in [-0.25, -0.2) is 9.79 Å². The van der Waals surface area contributed by atoms with Crippen molar-refractivity contribution in [3.8, 4) is 5.75 Å². The lowest BCUT2D eigenvalue weighted by Crippen LogP contribution is -2.19. The summed E-state index contributed by atoms with van der Waals surface area (Å²) < 4.78 is 6.82. The minimum Gasteiger partial charge on any atom is -0.492 e. The van der Waals surface area contributed by atoms with E-state index in [0.29, 0.717) is 12.5 Å². The van der Waals surface area contributed by atoms with Crippen molar-refractivity contribution in [1.82, 2.24) is 0 Å². The normalized spacial score (nSPS) is 14.8. The highest BCUT2D eigenvalue weighted by Gasteiger charge is 2.19. The zero-order valence-corrected chi connectivity index (χ0v) is 12.0. The molecule has 0 radical (unpaired) electrons. The molecule has 18 heavy (non-hydrogen) atoms. The van der Waals surface area contributed by atoms with Gasteiger partial charge in [-0.15, -0.1) is 0 Å². The van der Waals surface area contributed by atoms with Crippen molar-refractivity contribution in [1.29, 1.82) is 0 Å². The Bertz CT molecular complexity index is 477. The van der Waals surface area contributed by atoms with Crippen LogP contribution in [0.3, 0.4) is 0 Å². The first-order valence-corrected chi connectivity index (χ1v) is 6.95. The number of isocyanates is 1. The molecule has 0 bridgehead atoms. The Labute approximate surface area is 115 Å². The number of carbonyl (C=O) groups excluding carboxylic acids is 1. The molecule has 1 aromatic carbocycles. The Morgan fingerprint density at radius 2 is 2.28 bits per heavy atom. The van der Waals surface area contributed by atoms with Gasteiger partial charge in [0.15, 0.2) is 0 Å². The van der Waals surface area contributed by atoms with Crippen LogP contribution in [0.2, 0.25) is 0 Å². The molecular formula is C14H16BrNO2. The van der Waals surface area contributed by atoms with E-state index in [1.807, 2.05) is 19.1 Å². The molecule has 0 amide bonds. The zero-order chi connectivity index (χ0) is 13.0. The SMILES string of the molecule is Cc1cc(Br)c(OCC2CCC2)c(CN=C=O)c1. The monoisotopic (exact) mass is 309 g/mol. The van der Waals surface area contributed by atoms with Crippen LogP contribution < -0.4 is 4.74 Å². The number of aliphatic imine (C=N–C) groups is 1. The smallest absolute Gasteiger partial charge is 0.235 e. The molecule has 0 atom stereocenters. The summed E-state index contributed by atoms with van der Waals surface area (Å²) in [7, 11) is 0. The third-order valence-electron chi connectivity index (χ3n) is 3.27. The number of hydrogen-bond acceptors (Lipinski definition) is 3. The lowest BCUT2D eigenvalue weighted by Gasteiger charge is -2.26. The highest BCUT2D eigenvalue weighted by Crippen LogP contribution is 2.33. The van der Waals surface area contributed by atoms with Crippen LogP contribution >= 0.6 is 15.9 Å². The number of aryl methyl sites for hydroxylation is 1. The van der Waals surface area contributed by atoms with Crippen LogP contribution in [-0.4, -0.2) is 12.7 Å². The molecule has 4 heteroatoms. The number of benzene rings is 1. The Morgan fingerprint density at radius 3 is 2.89 bits per heavy atom. The second-order valence-corrected chi connectivity index (χ2v) is 5.60. The number of halogens is 1. The second-order valence-electron chi connectivity index (χ2n) is 4.75. The molecule has 0 spiro atoms. The molecule has 0 N–H and O–H groups in total. The van der Waals surface area contributed by atoms with Gasteiger partial charge < -0.3 is 4.74 Å². The first-order chi connectivity index (χ1) is 8.70. The number of rotatable bonds is 5. The molecule has 3 nitrogen and oxygen atoms in total. The van der Waals surface area contributed by atoms with E-state index in [9.17, 15) is 4.79 Å². The number of nitrogens with zero attached hydrogens (tertiary/aromatic N) is 1. The average Bonchev–Trinajstić information content (AvgIpc) is 2.26. The first-order valence-electron chi connectivity index (χ1n) is 6.16. The van der Waals surface area contributed by atoms with Gasteiger partial charge in [0.25, 0.3) is 0 Å². The summed E-state index contributed by atoms with van der Waals surface area (Å²) in [5, 5.41) is 0. The Balaban J connectivity index is 2.15. The van der Waals surface area contributed by atoms with E-state index in [-0.39, 0.29) is 0 Å². The summed E-state index contributed by atoms with van der Waals surface area (Å²) in [4.78, 5) is 13.9. The molecule has 1 aromatic rings. The van der Waals surface area contributed by atoms with Crippen LogP contribution in [0.5, 0.6) is 5.75 Å². The van der Waals surface area contributed by atoms with Crippen molar-refractivity contribution in [3.63, 3.8) is 0 Å². The molecule has 96 valence electrons. The standard InChI is InChI=1S/C14H16BrNO2/c1-10-5-12(7-16-9-17)14(13(15)6-10)18-8-11-3-2-4-11/h5-6,11H,2-4,7-8H2,1H3. The molecule has 0 saturated heterocycles. The van der Waals surface area contributed by atoms with Crippen molar-refractivity contribution in [2.75, 3.05) is 6.61 Å². The maximum atomic E-state index is 10.2. The van der Waals surface area contributed by atoms with Gasteiger partial charge in [-0.05, 0) is 53.2 Å². The Hall–Kier alpha value is -1.12. The molecule has 0 unspecified atom stereocenters. The molecule has 0 aliphatic heterocycles. The molecule has 2 rings (SSSR count). The van der Waals surface area contributed by atoms with Crippen LogP contribution in [0.4, 0.5) is 0 Å². The molecule has 1 fully saturated rings. The van der Waals surface area contributed by atoms with Gasteiger partial charge in [-0.2, -0.15) is 0 Å². The van der Waals surface area contributed by atoms with E-state index in [4.69, 9.17) is 4.74 Å². The van der Waals surface area contributed by atoms with Crippen molar-refractivity contribution in [2.24, 2.45) is 10.9 Å². The summed E-state index contributed by atoms with van der Waals surface area (Å²) >= 11 is 3.51. The van der Waals surface area contributed by atoms with Crippen molar-refractivity contribution in [3.05, 3.63) is 27.7 Å². The van der Waals surface area contributed by atoms with Gasteiger partial charge >= 0.3 is 0 Å². The average molecular weight is 310 g/mol. The van der Waals surface area contributed by atoms with E-state index in [0.717, 1.165) is 28.0 Å². The third kappa shape index (κ3) is 3.21. The topological polar surface area (TPSA) is 38.7 Å². The summed E-state index contributed by atoms with van der Waals surface area (Å²) in [6, 6.07) is 4.02. The van der Waals surface area contributed by atoms with Crippen LogP contribution in [0.25, 0.3) is 0 Å². The van der Waals surface area contributed by atoms with Crippen LogP contribution in [0.15, 0.2) is 21.6 Å². The van der Waals surface area contributed by atoms with E-state index >= 15 is 0 Å². The van der Waals surface area contributed by atoms with Crippen molar-refractivity contribution >= 4 is 22.0 Å². The summed E-state index contributed by atoms with van der Waals surface area (Å²) in [5.74, 6) is 1.49. The lowest BCUT2D eigenvalue weighted by atomic mass is 9.86. The molecule has 1 aliphatic carbocycles. The van der Waals surface area contributed by atoms with Gasteiger partial charge in [-0.3, -0.25) is 0 Å². The van der Waals surface area contributed by atoms with Crippen LogP contribution in [-0.2, 0) is 11.3 Å². The number of hydrogen-bond donors (Lipinski definition) is 0. The van der Waals surface area contributed by atoms with E-state index in [2.05, 4.69) is 20.9 Å². The molecular weight excluding hydrogens is 294 g/mol. The van der Waals surface area contributed by atoms with Gasteiger partial charge in [0.05, 0.1) is 17.6 Å². The predicted molar refractivity (Wildman–Crippen MR) is 73.5 cm³/mol. The fourth-order valence-corrected chi connectivity index (χ4v) is 2.79. The minimum absolute atomic E-state index is 0.323. The summed E-state index contributed by atoms with van der Waals surface area (Å²) in [6.07, 6.45) is 5.40.